The van der Waals surface area contributed by atoms with Crippen molar-refractivity contribution in [3.05, 3.63) is 73.4 Å². The van der Waals surface area contributed by atoms with Gasteiger partial charge in [-0.05, 0) is 36.6 Å². The number of nitro groups is 1. The number of carbonyl (C=O) groups excluding carboxylic acids is 1. The second-order valence-electron chi connectivity index (χ2n) is 7.30. The summed E-state index contributed by atoms with van der Waals surface area (Å²) in [6.45, 7) is 4.04. The van der Waals surface area contributed by atoms with Crippen molar-refractivity contribution >= 4 is 50.6 Å². The van der Waals surface area contributed by atoms with E-state index in [1.807, 2.05) is 37.4 Å². The Labute approximate surface area is 195 Å². The number of aromatic nitrogens is 2. The third-order valence-electron chi connectivity index (χ3n) is 5.05. The molecule has 0 aliphatic heterocycles. The van der Waals surface area contributed by atoms with E-state index < -0.39 is 10.8 Å². The molecule has 0 atom stereocenters. The molecule has 4 rings (SSSR count). The van der Waals surface area contributed by atoms with Crippen LogP contribution in [-0.4, -0.2) is 31.7 Å². The number of non-ortho nitro benzene ring substituents is 1. The molecule has 0 saturated carbocycles. The molecular weight excluding hydrogens is 464 g/mol. The van der Waals surface area contributed by atoms with Gasteiger partial charge in [-0.1, -0.05) is 30.0 Å². The zero-order valence-corrected chi connectivity index (χ0v) is 19.2. The second-order valence-corrected chi connectivity index (χ2v) is 9.12. The fraction of sp³-hybridized carbons (Fsp3) is 0.136. The van der Waals surface area contributed by atoms with E-state index in [4.69, 9.17) is 0 Å². The second kappa shape index (κ2) is 9.04. The Morgan fingerprint density at radius 1 is 1.24 bits per heavy atom. The first-order valence-electron chi connectivity index (χ1n) is 9.72. The van der Waals surface area contributed by atoms with Crippen molar-refractivity contribution in [2.24, 2.45) is 0 Å². The lowest BCUT2D eigenvalue weighted by molar-refractivity contribution is -0.384. The Morgan fingerprint density at radius 3 is 2.76 bits per heavy atom. The summed E-state index contributed by atoms with van der Waals surface area (Å²) in [5, 5.41) is 25.8. The van der Waals surface area contributed by atoms with Crippen LogP contribution >= 0.6 is 23.1 Å². The summed E-state index contributed by atoms with van der Waals surface area (Å²) in [7, 11) is 0. The van der Waals surface area contributed by atoms with E-state index in [1.54, 1.807) is 0 Å². The molecule has 0 bridgehead atoms. The van der Waals surface area contributed by atoms with Gasteiger partial charge < -0.3 is 15.4 Å². The minimum atomic E-state index is -0.624. The highest BCUT2D eigenvalue weighted by molar-refractivity contribution is 7.99. The molecule has 0 saturated heterocycles. The van der Waals surface area contributed by atoms with Gasteiger partial charge in [0.1, 0.15) is 10.6 Å². The van der Waals surface area contributed by atoms with Crippen LogP contribution in [0.25, 0.3) is 21.3 Å². The van der Waals surface area contributed by atoms with Crippen molar-refractivity contribution in [3.8, 4) is 16.9 Å². The number of fused-ring (bicyclic) bond motifs is 1. The summed E-state index contributed by atoms with van der Waals surface area (Å²) in [6.07, 6.45) is 0. The molecule has 2 aromatic carbocycles. The van der Waals surface area contributed by atoms with Gasteiger partial charge in [-0.25, -0.2) is 4.98 Å². The standard InChI is InChI=1S/C22H18N4O5S2/c1-11-3-4-13(7-12(11)2)15-9-32-21-19(15)20(29)24-22(25-21)33-10-18(28)23-16-8-14(26(30)31)5-6-17(16)27/h3-9,27H,10H2,1-2H3,(H,23,28)(H,24,25,29). The molecule has 0 fully saturated rings. The number of hydrogen-bond donors (Lipinski definition) is 3. The minimum absolute atomic E-state index is 0.0667. The Kier molecular flexibility index (Phi) is 6.16. The number of aromatic hydroxyl groups is 1. The molecule has 2 aromatic heterocycles. The summed E-state index contributed by atoms with van der Waals surface area (Å²) >= 11 is 2.36. The molecule has 0 aliphatic carbocycles. The van der Waals surface area contributed by atoms with E-state index in [1.165, 1.54) is 16.9 Å². The first-order chi connectivity index (χ1) is 15.7. The molecule has 2 heterocycles. The number of aromatic amines is 1. The maximum Gasteiger partial charge on any atom is 0.271 e. The van der Waals surface area contributed by atoms with Gasteiger partial charge in [0.15, 0.2) is 5.16 Å². The van der Waals surface area contributed by atoms with Crippen LogP contribution in [0.15, 0.2) is 51.7 Å². The number of hydrogen-bond acceptors (Lipinski definition) is 8. The zero-order chi connectivity index (χ0) is 23.7. The largest absolute Gasteiger partial charge is 0.506 e. The number of phenolic OH excluding ortho intramolecular Hbond substituents is 1. The summed E-state index contributed by atoms with van der Waals surface area (Å²) in [4.78, 5) is 43.1. The minimum Gasteiger partial charge on any atom is -0.506 e. The first kappa shape index (κ1) is 22.5. The highest BCUT2D eigenvalue weighted by Gasteiger charge is 2.16. The summed E-state index contributed by atoms with van der Waals surface area (Å²) < 4.78 is 0. The van der Waals surface area contributed by atoms with E-state index in [0.29, 0.717) is 10.2 Å². The molecule has 11 heteroatoms. The van der Waals surface area contributed by atoms with Gasteiger partial charge in [0, 0.05) is 23.1 Å². The van der Waals surface area contributed by atoms with E-state index in [-0.39, 0.29) is 33.6 Å². The van der Waals surface area contributed by atoms with Crippen molar-refractivity contribution in [1.82, 2.24) is 9.97 Å². The Balaban J connectivity index is 1.52. The normalized spacial score (nSPS) is 11.0. The van der Waals surface area contributed by atoms with Crippen LogP contribution in [-0.2, 0) is 4.79 Å². The number of benzene rings is 2. The van der Waals surface area contributed by atoms with Crippen LogP contribution in [0, 0.1) is 24.0 Å². The van der Waals surface area contributed by atoms with Gasteiger partial charge in [0.05, 0.1) is 21.7 Å². The van der Waals surface area contributed by atoms with Gasteiger partial charge in [-0.15, -0.1) is 11.3 Å². The Bertz CT molecular complexity index is 1460. The fourth-order valence-electron chi connectivity index (χ4n) is 3.18. The number of thioether (sulfide) groups is 1. The number of amides is 1. The lowest BCUT2D eigenvalue weighted by Gasteiger charge is -2.07. The molecule has 4 aromatic rings. The molecule has 3 N–H and O–H groups in total. The predicted octanol–water partition coefficient (Wildman–Crippen LogP) is 4.61. The van der Waals surface area contributed by atoms with Crippen molar-refractivity contribution in [2.45, 2.75) is 19.0 Å². The van der Waals surface area contributed by atoms with Crippen LogP contribution in [0.1, 0.15) is 11.1 Å². The van der Waals surface area contributed by atoms with Gasteiger partial charge >= 0.3 is 0 Å². The molecule has 33 heavy (non-hydrogen) atoms. The van der Waals surface area contributed by atoms with Crippen LogP contribution in [0.4, 0.5) is 11.4 Å². The number of carbonyl (C=O) groups is 1. The van der Waals surface area contributed by atoms with Gasteiger partial charge in [-0.3, -0.25) is 19.7 Å². The van der Waals surface area contributed by atoms with Crippen molar-refractivity contribution < 1.29 is 14.8 Å². The predicted molar refractivity (Wildman–Crippen MR) is 129 cm³/mol. The zero-order valence-electron chi connectivity index (χ0n) is 17.5. The maximum atomic E-state index is 12.8. The van der Waals surface area contributed by atoms with Crippen LogP contribution in [0.5, 0.6) is 5.75 Å². The van der Waals surface area contributed by atoms with Gasteiger partial charge in [0.2, 0.25) is 5.91 Å². The lowest BCUT2D eigenvalue weighted by Crippen LogP contribution is -2.15. The molecular formula is C22H18N4O5S2. The highest BCUT2D eigenvalue weighted by atomic mass is 32.2. The number of anilines is 1. The maximum absolute atomic E-state index is 12.8. The van der Waals surface area contributed by atoms with Crippen molar-refractivity contribution in [2.75, 3.05) is 11.1 Å². The SMILES string of the molecule is Cc1ccc(-c2csc3nc(SCC(=O)Nc4cc([N+](=O)[O-])ccc4O)[nH]c(=O)c23)cc1C. The number of aryl methyl sites for hydroxylation is 2. The van der Waals surface area contributed by atoms with Crippen LogP contribution in [0.3, 0.4) is 0 Å². The van der Waals surface area contributed by atoms with Gasteiger partial charge in [0.25, 0.3) is 11.2 Å². The lowest BCUT2D eigenvalue weighted by atomic mass is 10.0. The number of nitro benzene ring substituents is 1. The average molecular weight is 483 g/mol. The van der Waals surface area contributed by atoms with Crippen molar-refractivity contribution in [3.63, 3.8) is 0 Å². The summed E-state index contributed by atoms with van der Waals surface area (Å²) in [6, 6.07) is 9.36. The summed E-state index contributed by atoms with van der Waals surface area (Å²) in [5.41, 5.74) is 3.42. The number of rotatable bonds is 6. The molecule has 0 aliphatic rings. The number of nitrogens with one attached hydrogen (secondary N) is 2. The molecule has 1 amide bonds. The monoisotopic (exact) mass is 482 g/mol. The average Bonchev–Trinajstić information content (AvgIpc) is 3.20. The third-order valence-corrected chi connectivity index (χ3v) is 6.79. The van der Waals surface area contributed by atoms with E-state index >= 15 is 0 Å². The molecule has 0 unspecified atom stereocenters. The topological polar surface area (TPSA) is 138 Å². The quantitative estimate of drug-likeness (QED) is 0.120. The number of nitrogens with zero attached hydrogens (tertiary/aromatic N) is 2. The third kappa shape index (κ3) is 4.73. The number of thiophene rings is 1. The first-order valence-corrected chi connectivity index (χ1v) is 11.6. The van der Waals surface area contributed by atoms with Crippen LogP contribution in [0.2, 0.25) is 0 Å². The summed E-state index contributed by atoms with van der Waals surface area (Å²) in [5.74, 6) is -0.920. The molecule has 0 spiro atoms. The Hall–Kier alpha value is -3.70. The number of phenols is 1. The van der Waals surface area contributed by atoms with Crippen molar-refractivity contribution in [1.29, 1.82) is 0 Å². The Morgan fingerprint density at radius 2 is 2.03 bits per heavy atom. The fourth-order valence-corrected chi connectivity index (χ4v) is 4.84. The number of H-pyrrole nitrogens is 1. The van der Waals surface area contributed by atoms with Crippen LogP contribution < -0.4 is 10.9 Å². The molecule has 9 nitrogen and oxygen atoms in total. The van der Waals surface area contributed by atoms with E-state index in [9.17, 15) is 24.8 Å². The molecule has 0 radical (unpaired) electrons. The van der Waals surface area contributed by atoms with Gasteiger partial charge in [-0.2, -0.15) is 0 Å². The van der Waals surface area contributed by atoms with E-state index in [2.05, 4.69) is 15.3 Å². The smallest absolute Gasteiger partial charge is 0.271 e. The molecule has 168 valence electrons. The van der Waals surface area contributed by atoms with E-state index in [0.717, 1.165) is 46.7 Å². The highest BCUT2D eigenvalue weighted by Crippen LogP contribution is 2.33.